The minimum absolute atomic E-state index is 0.380. The molecule has 0 aromatic heterocycles. The maximum absolute atomic E-state index is 8.81. The Labute approximate surface area is 74.9 Å². The summed E-state index contributed by atoms with van der Waals surface area (Å²) < 4.78 is 4.92. The first kappa shape index (κ1) is 11.2. The van der Waals surface area contributed by atoms with Crippen molar-refractivity contribution in [3.8, 4) is 6.19 Å². The maximum Gasteiger partial charge on any atom is 0.179 e. The fourth-order valence-corrected chi connectivity index (χ4v) is 1.23. The largest absolute Gasteiger partial charge is 0.383 e. The molecule has 12 heavy (non-hydrogen) atoms. The third kappa shape index (κ3) is 3.59. The monoisotopic (exact) mass is 170 g/mol. The van der Waals surface area contributed by atoms with Crippen molar-refractivity contribution in [2.24, 2.45) is 0 Å². The summed E-state index contributed by atoms with van der Waals surface area (Å²) in [6.07, 6.45) is 4.24. The number of methoxy groups -OCH3 is 1. The van der Waals surface area contributed by atoms with Crippen LogP contribution in [0.15, 0.2) is 0 Å². The highest BCUT2D eigenvalue weighted by atomic mass is 16.5. The van der Waals surface area contributed by atoms with Gasteiger partial charge in [-0.2, -0.15) is 5.26 Å². The van der Waals surface area contributed by atoms with E-state index in [1.54, 1.807) is 12.0 Å². The van der Waals surface area contributed by atoms with Crippen molar-refractivity contribution < 1.29 is 4.74 Å². The fourth-order valence-electron chi connectivity index (χ4n) is 1.23. The van der Waals surface area contributed by atoms with Crippen molar-refractivity contribution in [1.29, 1.82) is 5.26 Å². The molecule has 3 heteroatoms. The number of ether oxygens (including phenoxy) is 1. The molecular formula is C9H18N2O. The van der Waals surface area contributed by atoms with E-state index in [1.165, 1.54) is 0 Å². The van der Waals surface area contributed by atoms with E-state index >= 15 is 0 Å². The molecule has 0 bridgehead atoms. The third-order valence-corrected chi connectivity index (χ3v) is 2.05. The van der Waals surface area contributed by atoms with E-state index in [-0.39, 0.29) is 0 Å². The van der Waals surface area contributed by atoms with Gasteiger partial charge in [-0.1, -0.05) is 13.8 Å². The Balaban J connectivity index is 3.86. The molecule has 0 rings (SSSR count). The second kappa shape index (κ2) is 6.93. The quantitative estimate of drug-likeness (QED) is 0.449. The summed E-state index contributed by atoms with van der Waals surface area (Å²) in [6, 6.07) is 0.380. The predicted octanol–water partition coefficient (Wildman–Crippen LogP) is 1.60. The molecule has 0 amide bonds. The highest BCUT2D eigenvalue weighted by Crippen LogP contribution is 2.06. The van der Waals surface area contributed by atoms with Crippen molar-refractivity contribution in [3.63, 3.8) is 0 Å². The molecule has 0 aliphatic carbocycles. The normalized spacial score (nSPS) is 9.92. The van der Waals surface area contributed by atoms with Gasteiger partial charge in [-0.15, -0.1) is 0 Å². The maximum atomic E-state index is 8.81. The molecule has 0 aliphatic heterocycles. The molecule has 0 fully saturated rings. The number of rotatable bonds is 6. The topological polar surface area (TPSA) is 36.3 Å². The molecule has 0 aromatic rings. The van der Waals surface area contributed by atoms with E-state index in [0.717, 1.165) is 12.8 Å². The highest BCUT2D eigenvalue weighted by molar-refractivity contribution is 4.80. The van der Waals surface area contributed by atoms with E-state index in [1.807, 2.05) is 0 Å². The molecule has 0 N–H and O–H groups in total. The van der Waals surface area contributed by atoms with E-state index in [9.17, 15) is 0 Å². The summed E-state index contributed by atoms with van der Waals surface area (Å²) in [5.74, 6) is 0. The fraction of sp³-hybridized carbons (Fsp3) is 0.889. The van der Waals surface area contributed by atoms with Crippen LogP contribution >= 0.6 is 0 Å². The second-order valence-electron chi connectivity index (χ2n) is 2.76. The zero-order valence-corrected chi connectivity index (χ0v) is 8.21. The minimum Gasteiger partial charge on any atom is -0.383 e. The van der Waals surface area contributed by atoms with Gasteiger partial charge >= 0.3 is 0 Å². The zero-order valence-electron chi connectivity index (χ0n) is 8.21. The lowest BCUT2D eigenvalue weighted by Gasteiger charge is -2.24. The van der Waals surface area contributed by atoms with Gasteiger partial charge in [0.25, 0.3) is 0 Å². The molecule has 70 valence electrons. The summed E-state index contributed by atoms with van der Waals surface area (Å²) in [5, 5.41) is 8.81. The van der Waals surface area contributed by atoms with Crippen LogP contribution in [0.5, 0.6) is 0 Å². The number of hydrogen-bond acceptors (Lipinski definition) is 3. The first-order chi connectivity index (χ1) is 5.79. The van der Waals surface area contributed by atoms with Gasteiger partial charge in [0.15, 0.2) is 6.19 Å². The Bertz CT molecular complexity index is 138. The van der Waals surface area contributed by atoms with Gasteiger partial charge in [0, 0.05) is 13.2 Å². The van der Waals surface area contributed by atoms with E-state index in [0.29, 0.717) is 19.2 Å². The molecule has 0 heterocycles. The summed E-state index contributed by atoms with van der Waals surface area (Å²) in [7, 11) is 1.66. The van der Waals surface area contributed by atoms with Crippen LogP contribution in [0.2, 0.25) is 0 Å². The van der Waals surface area contributed by atoms with E-state index < -0.39 is 0 Å². The molecule has 0 spiro atoms. The van der Waals surface area contributed by atoms with Crippen LogP contribution in [0.25, 0.3) is 0 Å². The summed E-state index contributed by atoms with van der Waals surface area (Å²) in [6.45, 7) is 5.54. The summed E-state index contributed by atoms with van der Waals surface area (Å²) >= 11 is 0. The van der Waals surface area contributed by atoms with Gasteiger partial charge in [-0.05, 0) is 12.8 Å². The van der Waals surface area contributed by atoms with Crippen LogP contribution in [0.1, 0.15) is 26.7 Å². The van der Waals surface area contributed by atoms with Crippen LogP contribution < -0.4 is 0 Å². The van der Waals surface area contributed by atoms with Gasteiger partial charge in [0.05, 0.1) is 13.2 Å². The molecule has 0 saturated heterocycles. The molecule has 0 atom stereocenters. The standard InChI is InChI=1S/C9H18N2O/c1-4-9(5-2)11(8-10)6-7-12-3/h9H,4-7H2,1-3H3. The highest BCUT2D eigenvalue weighted by Gasteiger charge is 2.11. The Morgan fingerprint density at radius 1 is 1.42 bits per heavy atom. The van der Waals surface area contributed by atoms with Gasteiger partial charge in [-0.3, -0.25) is 0 Å². The van der Waals surface area contributed by atoms with Gasteiger partial charge < -0.3 is 9.64 Å². The van der Waals surface area contributed by atoms with Crippen LogP contribution in [0, 0.1) is 11.5 Å². The first-order valence-electron chi connectivity index (χ1n) is 4.45. The number of nitrogens with zero attached hydrogens (tertiary/aromatic N) is 2. The lowest BCUT2D eigenvalue weighted by Crippen LogP contribution is -2.32. The average molecular weight is 170 g/mol. The lowest BCUT2D eigenvalue weighted by molar-refractivity contribution is 0.152. The Morgan fingerprint density at radius 3 is 2.33 bits per heavy atom. The Kier molecular flexibility index (Phi) is 6.50. The second-order valence-corrected chi connectivity index (χ2v) is 2.76. The molecule has 0 unspecified atom stereocenters. The number of nitriles is 1. The molecule has 3 nitrogen and oxygen atoms in total. The van der Waals surface area contributed by atoms with Gasteiger partial charge in [0.1, 0.15) is 0 Å². The zero-order chi connectivity index (χ0) is 9.40. The van der Waals surface area contributed by atoms with Gasteiger partial charge in [0.2, 0.25) is 0 Å². The molecule has 0 radical (unpaired) electrons. The van der Waals surface area contributed by atoms with E-state index in [2.05, 4.69) is 20.0 Å². The predicted molar refractivity (Wildman–Crippen MR) is 48.6 cm³/mol. The van der Waals surface area contributed by atoms with Crippen molar-refractivity contribution >= 4 is 0 Å². The first-order valence-corrected chi connectivity index (χ1v) is 4.45. The molecule has 0 saturated carbocycles. The van der Waals surface area contributed by atoms with Crippen LogP contribution in [-0.2, 0) is 4.74 Å². The molecule has 0 aromatic carbocycles. The van der Waals surface area contributed by atoms with Crippen LogP contribution in [0.4, 0.5) is 0 Å². The van der Waals surface area contributed by atoms with Crippen LogP contribution in [0.3, 0.4) is 0 Å². The minimum atomic E-state index is 0.380. The van der Waals surface area contributed by atoms with E-state index in [4.69, 9.17) is 10.00 Å². The van der Waals surface area contributed by atoms with Gasteiger partial charge in [-0.25, -0.2) is 0 Å². The lowest BCUT2D eigenvalue weighted by atomic mass is 10.1. The van der Waals surface area contributed by atoms with Crippen molar-refractivity contribution in [1.82, 2.24) is 4.90 Å². The third-order valence-electron chi connectivity index (χ3n) is 2.05. The smallest absolute Gasteiger partial charge is 0.179 e. The SMILES string of the molecule is CCC(CC)N(C#N)CCOC. The Hall–Kier alpha value is -0.750. The molecular weight excluding hydrogens is 152 g/mol. The Morgan fingerprint density at radius 2 is 2.00 bits per heavy atom. The van der Waals surface area contributed by atoms with Crippen LogP contribution in [-0.4, -0.2) is 31.2 Å². The van der Waals surface area contributed by atoms with Crippen molar-refractivity contribution in [3.05, 3.63) is 0 Å². The van der Waals surface area contributed by atoms with Crippen molar-refractivity contribution in [2.45, 2.75) is 32.7 Å². The van der Waals surface area contributed by atoms with Crippen molar-refractivity contribution in [2.75, 3.05) is 20.3 Å². The average Bonchev–Trinajstić information content (AvgIpc) is 2.12. The molecule has 0 aliphatic rings. The summed E-state index contributed by atoms with van der Waals surface area (Å²) in [4.78, 5) is 1.80. The summed E-state index contributed by atoms with van der Waals surface area (Å²) in [5.41, 5.74) is 0. The number of hydrogen-bond donors (Lipinski definition) is 0.